The van der Waals surface area contributed by atoms with Gasteiger partial charge < -0.3 is 10.1 Å². The third-order valence-electron chi connectivity index (χ3n) is 5.13. The Balaban J connectivity index is 1.48. The van der Waals surface area contributed by atoms with Gasteiger partial charge in [0, 0.05) is 31.9 Å². The molecule has 7 nitrogen and oxygen atoms in total. The van der Waals surface area contributed by atoms with E-state index in [1.54, 1.807) is 0 Å². The van der Waals surface area contributed by atoms with Gasteiger partial charge in [0.2, 0.25) is 5.91 Å². The van der Waals surface area contributed by atoms with Crippen molar-refractivity contribution in [2.45, 2.75) is 45.1 Å². The molecular weight excluding hydrogens is 330 g/mol. The van der Waals surface area contributed by atoms with E-state index in [2.05, 4.69) is 24.8 Å². The van der Waals surface area contributed by atoms with Gasteiger partial charge in [-0.25, -0.2) is 0 Å². The van der Waals surface area contributed by atoms with E-state index >= 15 is 0 Å². The van der Waals surface area contributed by atoms with E-state index in [9.17, 15) is 4.79 Å². The molecule has 0 spiro atoms. The van der Waals surface area contributed by atoms with Crippen LogP contribution >= 0.6 is 0 Å². The molecule has 1 atom stereocenters. The van der Waals surface area contributed by atoms with Crippen LogP contribution in [0.15, 0.2) is 24.4 Å². The zero-order chi connectivity index (χ0) is 18.4. The van der Waals surface area contributed by atoms with Crippen LogP contribution in [-0.4, -0.2) is 64.3 Å². The number of aromatic nitrogens is 3. The van der Waals surface area contributed by atoms with Crippen LogP contribution in [0.2, 0.25) is 0 Å². The van der Waals surface area contributed by atoms with Gasteiger partial charge in [0.1, 0.15) is 5.82 Å². The van der Waals surface area contributed by atoms with Gasteiger partial charge in [0.25, 0.3) is 0 Å². The third kappa shape index (κ3) is 4.40. The predicted molar refractivity (Wildman–Crippen MR) is 100 cm³/mol. The minimum Gasteiger partial charge on any atom is -0.382 e. The van der Waals surface area contributed by atoms with Crippen molar-refractivity contribution in [1.29, 1.82) is 0 Å². The van der Waals surface area contributed by atoms with Gasteiger partial charge in [-0.3, -0.25) is 14.1 Å². The van der Waals surface area contributed by atoms with Gasteiger partial charge >= 0.3 is 0 Å². The van der Waals surface area contributed by atoms with Crippen LogP contribution in [-0.2, 0) is 9.53 Å². The number of hydrogen-bond acceptors (Lipinski definition) is 5. The summed E-state index contributed by atoms with van der Waals surface area (Å²) in [4.78, 5) is 14.6. The van der Waals surface area contributed by atoms with E-state index < -0.39 is 0 Å². The molecule has 0 aliphatic carbocycles. The lowest BCUT2D eigenvalue weighted by Gasteiger charge is -2.34. The van der Waals surface area contributed by atoms with Crippen molar-refractivity contribution < 1.29 is 9.53 Å². The Kier molecular flexibility index (Phi) is 6.57. The van der Waals surface area contributed by atoms with Crippen LogP contribution in [0.4, 0.5) is 0 Å². The summed E-state index contributed by atoms with van der Waals surface area (Å²) in [5.41, 5.74) is 0.893. The molecule has 1 aliphatic rings. The van der Waals surface area contributed by atoms with Crippen molar-refractivity contribution in [2.24, 2.45) is 0 Å². The Labute approximate surface area is 154 Å². The fourth-order valence-corrected chi connectivity index (χ4v) is 3.53. The van der Waals surface area contributed by atoms with Crippen molar-refractivity contribution >= 4 is 11.6 Å². The van der Waals surface area contributed by atoms with Gasteiger partial charge in [-0.2, -0.15) is 0 Å². The Morgan fingerprint density at radius 1 is 1.35 bits per heavy atom. The Bertz CT molecular complexity index is 709. The van der Waals surface area contributed by atoms with Crippen molar-refractivity contribution in [3.63, 3.8) is 0 Å². The topological polar surface area (TPSA) is 71.8 Å². The molecule has 0 saturated carbocycles. The van der Waals surface area contributed by atoms with Crippen molar-refractivity contribution in [2.75, 3.05) is 32.8 Å². The molecule has 142 valence electrons. The molecule has 1 fully saturated rings. The molecule has 2 aromatic rings. The lowest BCUT2D eigenvalue weighted by atomic mass is 9.95. The van der Waals surface area contributed by atoms with Crippen molar-refractivity contribution in [1.82, 2.24) is 24.8 Å². The zero-order valence-electron chi connectivity index (χ0n) is 15.7. The van der Waals surface area contributed by atoms with E-state index in [4.69, 9.17) is 4.74 Å². The monoisotopic (exact) mass is 359 g/mol. The molecule has 0 aromatic carbocycles. The molecule has 2 aromatic heterocycles. The van der Waals surface area contributed by atoms with Crippen LogP contribution in [0.25, 0.3) is 5.65 Å². The lowest BCUT2D eigenvalue weighted by molar-refractivity contribution is -0.126. The second-order valence-electron chi connectivity index (χ2n) is 6.81. The standard InChI is InChI=1S/C19H29N5O2/c1-3-26-14-6-10-20-19(25)15(2)23-12-8-16(9-13-23)18-22-21-17-7-4-5-11-24(17)18/h4-5,7,11,15-16H,3,6,8-10,12-14H2,1-2H3,(H,20,25). The number of fused-ring (bicyclic) bond motifs is 1. The van der Waals surface area contributed by atoms with Gasteiger partial charge in [-0.1, -0.05) is 6.07 Å². The molecule has 1 aliphatic heterocycles. The smallest absolute Gasteiger partial charge is 0.237 e. The number of carbonyl (C=O) groups is 1. The highest BCUT2D eigenvalue weighted by Gasteiger charge is 2.29. The molecule has 0 bridgehead atoms. The minimum atomic E-state index is -0.0989. The first kappa shape index (κ1) is 18.8. The van der Waals surface area contributed by atoms with E-state index in [1.807, 2.05) is 38.2 Å². The van der Waals surface area contributed by atoms with E-state index in [0.717, 1.165) is 50.4 Å². The number of hydrogen-bond donors (Lipinski definition) is 1. The number of ether oxygens (including phenoxy) is 1. The average Bonchev–Trinajstić information content (AvgIpc) is 3.11. The summed E-state index contributed by atoms with van der Waals surface area (Å²) in [6.07, 6.45) is 4.87. The van der Waals surface area contributed by atoms with E-state index in [-0.39, 0.29) is 11.9 Å². The largest absolute Gasteiger partial charge is 0.382 e. The fourth-order valence-electron chi connectivity index (χ4n) is 3.53. The second-order valence-corrected chi connectivity index (χ2v) is 6.81. The molecule has 1 amide bonds. The maximum atomic E-state index is 12.3. The normalized spacial score (nSPS) is 17.5. The SMILES string of the molecule is CCOCCCNC(=O)C(C)N1CCC(c2nnc3ccccn23)CC1. The van der Waals surface area contributed by atoms with E-state index in [1.165, 1.54) is 0 Å². The fraction of sp³-hybridized carbons (Fsp3) is 0.632. The van der Waals surface area contributed by atoms with Crippen LogP contribution in [0, 0.1) is 0 Å². The predicted octanol–water partition coefficient (Wildman–Crippen LogP) is 1.84. The molecule has 7 heteroatoms. The van der Waals surface area contributed by atoms with Gasteiger partial charge in [-0.15, -0.1) is 10.2 Å². The number of rotatable bonds is 8. The van der Waals surface area contributed by atoms with E-state index in [0.29, 0.717) is 19.1 Å². The summed E-state index contributed by atoms with van der Waals surface area (Å²) < 4.78 is 7.37. The third-order valence-corrected chi connectivity index (χ3v) is 5.13. The Morgan fingerprint density at radius 3 is 2.92 bits per heavy atom. The number of likely N-dealkylation sites (tertiary alicyclic amines) is 1. The highest BCUT2D eigenvalue weighted by molar-refractivity contribution is 5.81. The number of nitrogens with zero attached hydrogens (tertiary/aromatic N) is 4. The molecule has 0 radical (unpaired) electrons. The molecule has 26 heavy (non-hydrogen) atoms. The average molecular weight is 359 g/mol. The zero-order valence-corrected chi connectivity index (χ0v) is 15.7. The molecule has 1 N–H and O–H groups in total. The molecule has 1 unspecified atom stereocenters. The molecular formula is C19H29N5O2. The second kappa shape index (κ2) is 9.09. The van der Waals surface area contributed by atoms with Gasteiger partial charge in [0.15, 0.2) is 5.65 Å². The maximum absolute atomic E-state index is 12.3. The number of nitrogens with one attached hydrogen (secondary N) is 1. The quantitative estimate of drug-likeness (QED) is 0.728. The first-order valence-electron chi connectivity index (χ1n) is 9.60. The number of piperidine rings is 1. The highest BCUT2D eigenvalue weighted by atomic mass is 16.5. The Hall–Kier alpha value is -1.99. The first-order valence-corrected chi connectivity index (χ1v) is 9.60. The minimum absolute atomic E-state index is 0.0989. The van der Waals surface area contributed by atoms with Gasteiger partial charge in [-0.05, 0) is 58.3 Å². The van der Waals surface area contributed by atoms with Crippen LogP contribution < -0.4 is 5.32 Å². The summed E-state index contributed by atoms with van der Waals surface area (Å²) in [7, 11) is 0. The number of pyridine rings is 1. The summed E-state index contributed by atoms with van der Waals surface area (Å²) in [6, 6.07) is 5.86. The summed E-state index contributed by atoms with van der Waals surface area (Å²) in [6.45, 7) is 7.87. The highest BCUT2D eigenvalue weighted by Crippen LogP contribution is 2.27. The van der Waals surface area contributed by atoms with Crippen LogP contribution in [0.1, 0.15) is 44.9 Å². The molecule has 3 rings (SSSR count). The van der Waals surface area contributed by atoms with Crippen LogP contribution in [0.5, 0.6) is 0 Å². The first-order chi connectivity index (χ1) is 12.7. The maximum Gasteiger partial charge on any atom is 0.237 e. The van der Waals surface area contributed by atoms with Gasteiger partial charge in [0.05, 0.1) is 6.04 Å². The van der Waals surface area contributed by atoms with Crippen molar-refractivity contribution in [3.8, 4) is 0 Å². The number of amides is 1. The summed E-state index contributed by atoms with van der Waals surface area (Å²) in [5, 5.41) is 11.7. The molecule has 3 heterocycles. The summed E-state index contributed by atoms with van der Waals surface area (Å²) in [5.74, 6) is 1.53. The Morgan fingerprint density at radius 2 is 2.15 bits per heavy atom. The molecule has 1 saturated heterocycles. The lowest BCUT2D eigenvalue weighted by Crippen LogP contribution is -2.48. The summed E-state index contributed by atoms with van der Waals surface area (Å²) >= 11 is 0. The number of carbonyl (C=O) groups excluding carboxylic acids is 1. The van der Waals surface area contributed by atoms with Crippen molar-refractivity contribution in [3.05, 3.63) is 30.2 Å². The van der Waals surface area contributed by atoms with Crippen LogP contribution in [0.3, 0.4) is 0 Å².